The summed E-state index contributed by atoms with van der Waals surface area (Å²) in [6.45, 7) is 2.69. The van der Waals surface area contributed by atoms with Crippen molar-refractivity contribution in [3.8, 4) is 0 Å². The minimum atomic E-state index is 0.0116. The van der Waals surface area contributed by atoms with E-state index in [1.165, 1.54) is 32.1 Å². The van der Waals surface area contributed by atoms with Gasteiger partial charge in [0.25, 0.3) is 5.91 Å². The van der Waals surface area contributed by atoms with Gasteiger partial charge in [0.15, 0.2) is 0 Å². The summed E-state index contributed by atoms with van der Waals surface area (Å²) in [5.74, 6) is 6.26. The van der Waals surface area contributed by atoms with Gasteiger partial charge in [0.05, 0.1) is 0 Å². The van der Waals surface area contributed by atoms with Gasteiger partial charge in [-0.15, -0.1) is 0 Å². The summed E-state index contributed by atoms with van der Waals surface area (Å²) < 4.78 is 0. The van der Waals surface area contributed by atoms with Crippen LogP contribution >= 0.6 is 0 Å². The quantitative estimate of drug-likeness (QED) is 0.425. The number of anilines is 1. The molecule has 4 heteroatoms. The van der Waals surface area contributed by atoms with Crippen LogP contribution in [0.15, 0.2) is 18.2 Å². The third kappa shape index (κ3) is 3.97. The Balaban J connectivity index is 1.76. The van der Waals surface area contributed by atoms with Crippen molar-refractivity contribution in [2.45, 2.75) is 45.4 Å². The van der Waals surface area contributed by atoms with Crippen LogP contribution in [0.4, 0.5) is 5.69 Å². The van der Waals surface area contributed by atoms with E-state index in [1.54, 1.807) is 0 Å². The Labute approximate surface area is 121 Å². The van der Waals surface area contributed by atoms with E-state index in [-0.39, 0.29) is 5.91 Å². The number of hydrogen-bond acceptors (Lipinski definition) is 3. The van der Waals surface area contributed by atoms with Crippen molar-refractivity contribution in [2.24, 2.45) is 11.8 Å². The molecule has 0 radical (unpaired) electrons. The normalized spacial score (nSPS) is 15.3. The van der Waals surface area contributed by atoms with Crippen LogP contribution < -0.4 is 16.6 Å². The maximum Gasteiger partial charge on any atom is 0.251 e. The summed E-state index contributed by atoms with van der Waals surface area (Å²) >= 11 is 0. The number of hydrazine groups is 1. The Morgan fingerprint density at radius 2 is 2.10 bits per heavy atom. The number of nitrogens with two attached hydrogens (primary N) is 1. The van der Waals surface area contributed by atoms with E-state index < -0.39 is 0 Å². The van der Waals surface area contributed by atoms with E-state index in [1.807, 2.05) is 25.1 Å². The number of hydrogen-bond donors (Lipinski definition) is 3. The average molecular weight is 275 g/mol. The fourth-order valence-corrected chi connectivity index (χ4v) is 3.00. The van der Waals surface area contributed by atoms with Gasteiger partial charge in [-0.1, -0.05) is 25.7 Å². The van der Waals surface area contributed by atoms with Gasteiger partial charge in [-0.25, -0.2) is 0 Å². The Morgan fingerprint density at radius 1 is 1.35 bits per heavy atom. The minimum absolute atomic E-state index is 0.0116. The van der Waals surface area contributed by atoms with Gasteiger partial charge in [-0.2, -0.15) is 0 Å². The standard InChI is InChI=1S/C16H25N3O/c1-12-11-14(19-17)8-9-15(12)16(20)18-10-4-7-13-5-2-3-6-13/h8-9,11,13,19H,2-7,10,17H2,1H3,(H,18,20). The van der Waals surface area contributed by atoms with Crippen LogP contribution in [0.3, 0.4) is 0 Å². The number of aryl methyl sites for hydroxylation is 1. The first-order chi connectivity index (χ1) is 9.70. The first-order valence-electron chi connectivity index (χ1n) is 7.56. The summed E-state index contributed by atoms with van der Waals surface area (Å²) in [7, 11) is 0. The molecular formula is C16H25N3O. The largest absolute Gasteiger partial charge is 0.352 e. The molecule has 0 spiro atoms. The zero-order valence-electron chi connectivity index (χ0n) is 12.2. The van der Waals surface area contributed by atoms with E-state index in [0.29, 0.717) is 0 Å². The van der Waals surface area contributed by atoms with Gasteiger partial charge in [0.2, 0.25) is 0 Å². The fourth-order valence-electron chi connectivity index (χ4n) is 3.00. The van der Waals surface area contributed by atoms with Crippen LogP contribution in [0.2, 0.25) is 0 Å². The van der Waals surface area contributed by atoms with Crippen molar-refractivity contribution in [1.29, 1.82) is 0 Å². The van der Waals surface area contributed by atoms with Gasteiger partial charge in [0.1, 0.15) is 0 Å². The minimum Gasteiger partial charge on any atom is -0.352 e. The number of carbonyl (C=O) groups excluding carboxylic acids is 1. The number of carbonyl (C=O) groups is 1. The molecule has 0 atom stereocenters. The van der Waals surface area contributed by atoms with Crippen molar-refractivity contribution in [3.05, 3.63) is 29.3 Å². The topological polar surface area (TPSA) is 67.1 Å². The van der Waals surface area contributed by atoms with E-state index in [9.17, 15) is 4.79 Å². The maximum atomic E-state index is 12.1. The van der Waals surface area contributed by atoms with Crippen LogP contribution in [0.25, 0.3) is 0 Å². The maximum absolute atomic E-state index is 12.1. The lowest BCUT2D eigenvalue weighted by molar-refractivity contribution is 0.0952. The summed E-state index contributed by atoms with van der Waals surface area (Å²) in [4.78, 5) is 12.1. The van der Waals surface area contributed by atoms with E-state index in [0.717, 1.165) is 35.7 Å². The lowest BCUT2D eigenvalue weighted by Crippen LogP contribution is -2.25. The molecule has 0 bridgehead atoms. The third-order valence-corrected chi connectivity index (χ3v) is 4.19. The molecule has 1 aliphatic carbocycles. The monoisotopic (exact) mass is 275 g/mol. The summed E-state index contributed by atoms with van der Waals surface area (Å²) in [5, 5.41) is 3.01. The van der Waals surface area contributed by atoms with Crippen molar-refractivity contribution >= 4 is 11.6 Å². The zero-order valence-corrected chi connectivity index (χ0v) is 12.2. The fraction of sp³-hybridized carbons (Fsp3) is 0.562. The van der Waals surface area contributed by atoms with Crippen molar-refractivity contribution in [3.63, 3.8) is 0 Å². The highest BCUT2D eigenvalue weighted by molar-refractivity contribution is 5.96. The summed E-state index contributed by atoms with van der Waals surface area (Å²) in [5.41, 5.74) is 5.07. The highest BCUT2D eigenvalue weighted by atomic mass is 16.1. The molecule has 4 N–H and O–H groups in total. The molecule has 1 fully saturated rings. The molecule has 1 amide bonds. The molecule has 4 nitrogen and oxygen atoms in total. The molecule has 1 aromatic carbocycles. The molecule has 0 unspecified atom stereocenters. The molecule has 2 rings (SSSR count). The second-order valence-electron chi connectivity index (χ2n) is 5.72. The molecule has 0 saturated heterocycles. The molecule has 110 valence electrons. The first kappa shape index (κ1) is 14.9. The molecule has 20 heavy (non-hydrogen) atoms. The van der Waals surface area contributed by atoms with Crippen LogP contribution in [0, 0.1) is 12.8 Å². The number of rotatable bonds is 6. The summed E-state index contributed by atoms with van der Waals surface area (Å²) in [6.07, 6.45) is 7.85. The third-order valence-electron chi connectivity index (χ3n) is 4.19. The lowest BCUT2D eigenvalue weighted by Gasteiger charge is -2.11. The Kier molecular flexibility index (Phi) is 5.41. The number of benzene rings is 1. The molecule has 1 saturated carbocycles. The SMILES string of the molecule is Cc1cc(NN)ccc1C(=O)NCCCC1CCCC1. The Bertz CT molecular complexity index is 453. The van der Waals surface area contributed by atoms with Crippen LogP contribution in [0.1, 0.15) is 54.4 Å². The number of amides is 1. The van der Waals surface area contributed by atoms with Gasteiger partial charge in [-0.05, 0) is 49.4 Å². The van der Waals surface area contributed by atoms with Gasteiger partial charge in [-0.3, -0.25) is 10.6 Å². The smallest absolute Gasteiger partial charge is 0.251 e. The average Bonchev–Trinajstić information content (AvgIpc) is 2.96. The predicted molar refractivity (Wildman–Crippen MR) is 82.5 cm³/mol. The Morgan fingerprint density at radius 3 is 2.75 bits per heavy atom. The van der Waals surface area contributed by atoms with E-state index in [2.05, 4.69) is 10.7 Å². The molecule has 1 aromatic rings. The lowest BCUT2D eigenvalue weighted by atomic mass is 10.0. The van der Waals surface area contributed by atoms with Gasteiger partial charge in [0, 0.05) is 17.8 Å². The highest BCUT2D eigenvalue weighted by Crippen LogP contribution is 2.28. The van der Waals surface area contributed by atoms with Crippen LogP contribution in [-0.4, -0.2) is 12.5 Å². The van der Waals surface area contributed by atoms with Crippen LogP contribution in [-0.2, 0) is 0 Å². The Hall–Kier alpha value is -1.55. The van der Waals surface area contributed by atoms with Gasteiger partial charge < -0.3 is 10.7 Å². The van der Waals surface area contributed by atoms with E-state index in [4.69, 9.17) is 5.84 Å². The molecule has 0 heterocycles. The molecule has 0 aliphatic heterocycles. The van der Waals surface area contributed by atoms with Crippen molar-refractivity contribution in [2.75, 3.05) is 12.0 Å². The highest BCUT2D eigenvalue weighted by Gasteiger charge is 2.14. The second-order valence-corrected chi connectivity index (χ2v) is 5.72. The first-order valence-corrected chi connectivity index (χ1v) is 7.56. The molecule has 0 aromatic heterocycles. The van der Waals surface area contributed by atoms with Crippen molar-refractivity contribution in [1.82, 2.24) is 5.32 Å². The van der Waals surface area contributed by atoms with E-state index >= 15 is 0 Å². The van der Waals surface area contributed by atoms with Crippen molar-refractivity contribution < 1.29 is 4.79 Å². The van der Waals surface area contributed by atoms with Gasteiger partial charge >= 0.3 is 0 Å². The zero-order chi connectivity index (χ0) is 14.4. The summed E-state index contributed by atoms with van der Waals surface area (Å²) in [6, 6.07) is 5.52. The second kappa shape index (κ2) is 7.29. The number of nitrogens with one attached hydrogen (secondary N) is 2. The molecular weight excluding hydrogens is 250 g/mol. The molecule has 1 aliphatic rings. The predicted octanol–water partition coefficient (Wildman–Crippen LogP) is 2.98. The number of nitrogen functional groups attached to an aromatic ring is 1. The van der Waals surface area contributed by atoms with Crippen LogP contribution in [0.5, 0.6) is 0 Å².